The molecule has 0 bridgehead atoms. The number of pyridine rings is 1. The van der Waals surface area contributed by atoms with Gasteiger partial charge in [0.2, 0.25) is 0 Å². The van der Waals surface area contributed by atoms with Crippen LogP contribution in [-0.2, 0) is 0 Å². The first-order valence-electron chi connectivity index (χ1n) is 6.42. The summed E-state index contributed by atoms with van der Waals surface area (Å²) in [5.41, 5.74) is 0.0322. The summed E-state index contributed by atoms with van der Waals surface area (Å²) in [4.78, 5) is 14.6. The van der Waals surface area contributed by atoms with Crippen molar-refractivity contribution in [2.24, 2.45) is 11.8 Å². The normalized spacial score (nSPS) is 27.8. The molecule has 0 aromatic carbocycles. The van der Waals surface area contributed by atoms with Crippen molar-refractivity contribution in [2.45, 2.75) is 39.2 Å². The Balaban J connectivity index is 2.01. The van der Waals surface area contributed by atoms with Crippen LogP contribution in [0.5, 0.6) is 5.75 Å². The van der Waals surface area contributed by atoms with E-state index in [0.29, 0.717) is 11.7 Å². The topological polar surface area (TPSA) is 59.4 Å². The minimum absolute atomic E-state index is 0.0322. The van der Waals surface area contributed by atoms with Crippen molar-refractivity contribution >= 4 is 5.97 Å². The van der Waals surface area contributed by atoms with Crippen molar-refractivity contribution in [1.29, 1.82) is 0 Å². The minimum Gasteiger partial charge on any atom is -0.490 e. The van der Waals surface area contributed by atoms with E-state index in [0.717, 1.165) is 18.8 Å². The quantitative estimate of drug-likeness (QED) is 0.894. The molecule has 1 N–H and O–H groups in total. The van der Waals surface area contributed by atoms with Crippen LogP contribution in [0.25, 0.3) is 0 Å². The molecule has 0 radical (unpaired) electrons. The van der Waals surface area contributed by atoms with Crippen molar-refractivity contribution < 1.29 is 14.6 Å². The maximum absolute atomic E-state index is 10.8. The summed E-state index contributed by atoms with van der Waals surface area (Å²) < 4.78 is 5.86. The average Bonchev–Trinajstić information content (AvgIpc) is 2.34. The molecule has 4 nitrogen and oxygen atoms in total. The number of carboxylic acid groups (broad SMARTS) is 1. The first kappa shape index (κ1) is 12.9. The van der Waals surface area contributed by atoms with Crippen LogP contribution in [0.15, 0.2) is 18.3 Å². The van der Waals surface area contributed by atoms with Crippen LogP contribution in [0.2, 0.25) is 0 Å². The second-order valence-electron chi connectivity index (χ2n) is 5.19. The van der Waals surface area contributed by atoms with E-state index in [9.17, 15) is 4.79 Å². The Morgan fingerprint density at radius 1 is 1.39 bits per heavy atom. The molecule has 98 valence electrons. The van der Waals surface area contributed by atoms with Crippen LogP contribution in [0.1, 0.15) is 43.6 Å². The fourth-order valence-electron chi connectivity index (χ4n) is 2.40. The molecule has 1 aliphatic carbocycles. The summed E-state index contributed by atoms with van der Waals surface area (Å²) in [5.74, 6) is 0.988. The van der Waals surface area contributed by atoms with Gasteiger partial charge in [-0.05, 0) is 37.2 Å². The molecular weight excluding hydrogens is 230 g/mol. The zero-order valence-corrected chi connectivity index (χ0v) is 10.8. The summed E-state index contributed by atoms with van der Waals surface area (Å²) in [6.07, 6.45) is 4.92. The average molecular weight is 249 g/mol. The lowest BCUT2D eigenvalue weighted by Crippen LogP contribution is -2.28. The van der Waals surface area contributed by atoms with Crippen molar-refractivity contribution in [3.05, 3.63) is 24.0 Å². The zero-order valence-electron chi connectivity index (χ0n) is 10.8. The van der Waals surface area contributed by atoms with Gasteiger partial charge in [-0.15, -0.1) is 0 Å². The lowest BCUT2D eigenvalue weighted by atomic mass is 9.80. The van der Waals surface area contributed by atoms with Crippen molar-refractivity contribution in [2.75, 3.05) is 0 Å². The molecule has 0 aliphatic heterocycles. The Kier molecular flexibility index (Phi) is 3.84. The fraction of sp³-hybridized carbons (Fsp3) is 0.571. The van der Waals surface area contributed by atoms with Gasteiger partial charge in [-0.2, -0.15) is 0 Å². The van der Waals surface area contributed by atoms with Gasteiger partial charge in [0.25, 0.3) is 0 Å². The maximum atomic E-state index is 10.8. The number of aromatic nitrogens is 1. The van der Waals surface area contributed by atoms with Crippen molar-refractivity contribution in [3.8, 4) is 5.75 Å². The molecule has 0 amide bonds. The Morgan fingerprint density at radius 3 is 2.83 bits per heavy atom. The van der Waals surface area contributed by atoms with Crippen LogP contribution >= 0.6 is 0 Å². The molecule has 3 unspecified atom stereocenters. The molecule has 1 heterocycles. The van der Waals surface area contributed by atoms with Gasteiger partial charge < -0.3 is 9.84 Å². The summed E-state index contributed by atoms with van der Waals surface area (Å²) in [7, 11) is 0. The monoisotopic (exact) mass is 249 g/mol. The molecule has 2 rings (SSSR count). The highest BCUT2D eigenvalue weighted by Gasteiger charge is 2.25. The smallest absolute Gasteiger partial charge is 0.354 e. The molecule has 4 heteroatoms. The predicted molar refractivity (Wildman–Crippen MR) is 67.8 cm³/mol. The number of carboxylic acids is 1. The molecular formula is C14H19NO3. The predicted octanol–water partition coefficient (Wildman–Crippen LogP) is 2.98. The number of nitrogens with zero attached hydrogens (tertiary/aromatic N) is 1. The second-order valence-corrected chi connectivity index (χ2v) is 5.19. The van der Waals surface area contributed by atoms with E-state index in [-0.39, 0.29) is 11.8 Å². The SMILES string of the molecule is CC1CCC(Oc2ccnc(C(=O)O)c2)CC1C. The van der Waals surface area contributed by atoms with E-state index in [1.165, 1.54) is 18.7 Å². The standard InChI is InChI=1S/C14H19NO3/c1-9-3-4-11(7-10(9)2)18-12-5-6-15-13(8-12)14(16)17/h5-6,8-11H,3-4,7H2,1-2H3,(H,16,17). The zero-order chi connectivity index (χ0) is 13.1. The molecule has 3 atom stereocenters. The van der Waals surface area contributed by atoms with E-state index in [2.05, 4.69) is 18.8 Å². The van der Waals surface area contributed by atoms with Gasteiger partial charge in [0.15, 0.2) is 5.69 Å². The van der Waals surface area contributed by atoms with E-state index < -0.39 is 5.97 Å². The molecule has 0 saturated heterocycles. The van der Waals surface area contributed by atoms with E-state index in [1.54, 1.807) is 6.07 Å². The first-order valence-corrected chi connectivity index (χ1v) is 6.42. The number of carbonyl (C=O) groups is 1. The number of rotatable bonds is 3. The van der Waals surface area contributed by atoms with Gasteiger partial charge in [-0.1, -0.05) is 13.8 Å². The number of hydrogen-bond acceptors (Lipinski definition) is 3. The second kappa shape index (κ2) is 5.38. The molecule has 1 aromatic heterocycles. The van der Waals surface area contributed by atoms with Gasteiger partial charge in [0.1, 0.15) is 5.75 Å². The third kappa shape index (κ3) is 3.00. The van der Waals surface area contributed by atoms with Crippen LogP contribution in [0.3, 0.4) is 0 Å². The number of ether oxygens (including phenoxy) is 1. The number of aromatic carboxylic acids is 1. The van der Waals surface area contributed by atoms with Gasteiger partial charge >= 0.3 is 5.97 Å². The molecule has 1 fully saturated rings. The van der Waals surface area contributed by atoms with E-state index >= 15 is 0 Å². The molecule has 1 saturated carbocycles. The van der Waals surface area contributed by atoms with Crippen LogP contribution in [0, 0.1) is 11.8 Å². The van der Waals surface area contributed by atoms with Gasteiger partial charge in [-0.25, -0.2) is 9.78 Å². The van der Waals surface area contributed by atoms with Crippen LogP contribution < -0.4 is 4.74 Å². The summed E-state index contributed by atoms with van der Waals surface area (Å²) >= 11 is 0. The Bertz CT molecular complexity index is 433. The fourth-order valence-corrected chi connectivity index (χ4v) is 2.40. The van der Waals surface area contributed by atoms with Gasteiger partial charge in [-0.3, -0.25) is 0 Å². The number of hydrogen-bond donors (Lipinski definition) is 1. The third-order valence-corrected chi connectivity index (χ3v) is 3.80. The lowest BCUT2D eigenvalue weighted by Gasteiger charge is -2.32. The summed E-state index contributed by atoms with van der Waals surface area (Å²) in [6, 6.07) is 3.21. The van der Waals surface area contributed by atoms with Gasteiger partial charge in [0, 0.05) is 12.3 Å². The first-order chi connectivity index (χ1) is 8.56. The van der Waals surface area contributed by atoms with Crippen LogP contribution in [-0.4, -0.2) is 22.2 Å². The lowest BCUT2D eigenvalue weighted by molar-refractivity contribution is 0.0687. The Labute approximate surface area is 107 Å². The molecule has 1 aliphatic rings. The maximum Gasteiger partial charge on any atom is 0.354 e. The largest absolute Gasteiger partial charge is 0.490 e. The third-order valence-electron chi connectivity index (χ3n) is 3.80. The van der Waals surface area contributed by atoms with E-state index in [4.69, 9.17) is 9.84 Å². The van der Waals surface area contributed by atoms with Crippen molar-refractivity contribution in [3.63, 3.8) is 0 Å². The Morgan fingerprint density at radius 2 is 2.17 bits per heavy atom. The van der Waals surface area contributed by atoms with Crippen LogP contribution in [0.4, 0.5) is 0 Å². The molecule has 1 aromatic rings. The highest BCUT2D eigenvalue weighted by molar-refractivity contribution is 5.85. The summed E-state index contributed by atoms with van der Waals surface area (Å²) in [6.45, 7) is 4.52. The molecule has 0 spiro atoms. The van der Waals surface area contributed by atoms with Gasteiger partial charge in [0.05, 0.1) is 6.10 Å². The Hall–Kier alpha value is -1.58. The van der Waals surface area contributed by atoms with E-state index in [1.807, 2.05) is 0 Å². The van der Waals surface area contributed by atoms with Crippen molar-refractivity contribution in [1.82, 2.24) is 4.98 Å². The molecule has 18 heavy (non-hydrogen) atoms. The highest BCUT2D eigenvalue weighted by Crippen LogP contribution is 2.31. The minimum atomic E-state index is -1.02. The summed E-state index contributed by atoms with van der Waals surface area (Å²) in [5, 5.41) is 8.87. The highest BCUT2D eigenvalue weighted by atomic mass is 16.5.